The SMILES string of the molecule is CC(C)(C)Cc1cc(NC(=O)Nc2ccc(Cc3ccc(N)cc3)cc2)n[nH]1. The number of rotatable bonds is 5. The van der Waals surface area contributed by atoms with Gasteiger partial charge in [-0.05, 0) is 53.6 Å². The molecule has 0 saturated heterocycles. The lowest BCUT2D eigenvalue weighted by atomic mass is 9.91. The van der Waals surface area contributed by atoms with Crippen LogP contribution in [0, 0.1) is 5.41 Å². The first-order valence-corrected chi connectivity index (χ1v) is 9.32. The fraction of sp³-hybridized carbons (Fsp3) is 0.273. The zero-order valence-electron chi connectivity index (χ0n) is 16.5. The average Bonchev–Trinajstić information content (AvgIpc) is 3.03. The number of nitrogens with one attached hydrogen (secondary N) is 3. The molecule has 0 aliphatic heterocycles. The molecule has 2 amide bonds. The molecule has 28 heavy (non-hydrogen) atoms. The Morgan fingerprint density at radius 1 is 1.00 bits per heavy atom. The highest BCUT2D eigenvalue weighted by molar-refractivity contribution is 5.99. The third-order valence-electron chi connectivity index (χ3n) is 4.19. The van der Waals surface area contributed by atoms with Gasteiger partial charge in [-0.15, -0.1) is 0 Å². The monoisotopic (exact) mass is 377 g/mol. The molecular weight excluding hydrogens is 350 g/mol. The van der Waals surface area contributed by atoms with E-state index in [4.69, 9.17) is 5.73 Å². The fourth-order valence-corrected chi connectivity index (χ4v) is 2.94. The van der Waals surface area contributed by atoms with Crippen LogP contribution in [-0.2, 0) is 12.8 Å². The highest BCUT2D eigenvalue weighted by Crippen LogP contribution is 2.21. The summed E-state index contributed by atoms with van der Waals surface area (Å²) >= 11 is 0. The molecule has 0 saturated carbocycles. The van der Waals surface area contributed by atoms with Crippen molar-refractivity contribution in [2.45, 2.75) is 33.6 Å². The van der Waals surface area contributed by atoms with Crippen molar-refractivity contribution in [3.63, 3.8) is 0 Å². The van der Waals surface area contributed by atoms with Gasteiger partial charge in [0, 0.05) is 23.1 Å². The molecule has 0 unspecified atom stereocenters. The summed E-state index contributed by atoms with van der Waals surface area (Å²) < 4.78 is 0. The summed E-state index contributed by atoms with van der Waals surface area (Å²) in [6.07, 6.45) is 1.68. The summed E-state index contributed by atoms with van der Waals surface area (Å²) in [5, 5.41) is 12.7. The molecule has 1 aromatic heterocycles. The normalized spacial score (nSPS) is 11.2. The molecule has 0 radical (unpaired) electrons. The van der Waals surface area contributed by atoms with Crippen LogP contribution in [0.1, 0.15) is 37.6 Å². The third kappa shape index (κ3) is 5.87. The van der Waals surface area contributed by atoms with Crippen LogP contribution >= 0.6 is 0 Å². The Morgan fingerprint density at radius 2 is 1.61 bits per heavy atom. The van der Waals surface area contributed by atoms with E-state index in [9.17, 15) is 4.79 Å². The van der Waals surface area contributed by atoms with E-state index in [2.05, 4.69) is 41.6 Å². The first-order chi connectivity index (χ1) is 13.3. The van der Waals surface area contributed by atoms with E-state index >= 15 is 0 Å². The van der Waals surface area contributed by atoms with Crippen LogP contribution in [0.25, 0.3) is 0 Å². The molecule has 6 heteroatoms. The molecule has 0 atom stereocenters. The van der Waals surface area contributed by atoms with E-state index in [0.29, 0.717) is 5.82 Å². The number of hydrogen-bond donors (Lipinski definition) is 4. The Bertz CT molecular complexity index is 921. The first kappa shape index (κ1) is 19.5. The van der Waals surface area contributed by atoms with Crippen LogP contribution in [0.4, 0.5) is 22.0 Å². The average molecular weight is 377 g/mol. The molecular formula is C22H27N5O. The minimum absolute atomic E-state index is 0.153. The second-order valence-electron chi connectivity index (χ2n) is 8.21. The Hall–Kier alpha value is -3.28. The van der Waals surface area contributed by atoms with Crippen LogP contribution in [-0.4, -0.2) is 16.2 Å². The second-order valence-corrected chi connectivity index (χ2v) is 8.21. The number of aromatic nitrogens is 2. The van der Waals surface area contributed by atoms with Gasteiger partial charge in [0.25, 0.3) is 0 Å². The number of carbonyl (C=O) groups excluding carboxylic acids is 1. The Labute approximate surface area is 165 Å². The quantitative estimate of drug-likeness (QED) is 0.480. The molecule has 2 aromatic carbocycles. The lowest BCUT2D eigenvalue weighted by Gasteiger charge is -2.15. The van der Waals surface area contributed by atoms with Gasteiger partial charge in [-0.3, -0.25) is 10.4 Å². The molecule has 0 bridgehead atoms. The van der Waals surface area contributed by atoms with Crippen molar-refractivity contribution in [3.05, 3.63) is 71.4 Å². The number of nitrogens with zero attached hydrogens (tertiary/aromatic N) is 1. The van der Waals surface area contributed by atoms with Crippen molar-refractivity contribution in [2.75, 3.05) is 16.4 Å². The van der Waals surface area contributed by atoms with Gasteiger partial charge in [0.1, 0.15) is 0 Å². The summed E-state index contributed by atoms with van der Waals surface area (Å²) in [7, 11) is 0. The number of benzene rings is 2. The molecule has 1 heterocycles. The second kappa shape index (κ2) is 8.17. The largest absolute Gasteiger partial charge is 0.399 e. The number of aromatic amines is 1. The van der Waals surface area contributed by atoms with E-state index in [1.165, 1.54) is 5.56 Å². The minimum Gasteiger partial charge on any atom is -0.399 e. The van der Waals surface area contributed by atoms with Crippen LogP contribution in [0.3, 0.4) is 0 Å². The maximum absolute atomic E-state index is 12.2. The van der Waals surface area contributed by atoms with E-state index in [-0.39, 0.29) is 11.4 Å². The van der Waals surface area contributed by atoms with Crippen LogP contribution in [0.2, 0.25) is 0 Å². The van der Waals surface area contributed by atoms with Crippen molar-refractivity contribution < 1.29 is 4.79 Å². The molecule has 0 aliphatic carbocycles. The predicted octanol–water partition coefficient (Wildman–Crippen LogP) is 4.82. The molecule has 5 N–H and O–H groups in total. The topological polar surface area (TPSA) is 95.8 Å². The first-order valence-electron chi connectivity index (χ1n) is 9.32. The van der Waals surface area contributed by atoms with Gasteiger partial charge >= 0.3 is 6.03 Å². The van der Waals surface area contributed by atoms with Crippen molar-refractivity contribution in [1.29, 1.82) is 0 Å². The molecule has 3 aromatic rings. The summed E-state index contributed by atoms with van der Waals surface area (Å²) in [6, 6.07) is 17.2. The Balaban J connectivity index is 1.53. The standard InChI is InChI=1S/C22H27N5O/c1-22(2,3)14-19-13-20(27-26-19)25-21(28)24-18-10-6-16(7-11-18)12-15-4-8-17(23)9-5-15/h4-11,13H,12,14,23H2,1-3H3,(H3,24,25,26,27,28). The Morgan fingerprint density at radius 3 is 2.21 bits per heavy atom. The Kier molecular flexibility index (Phi) is 5.68. The van der Waals surface area contributed by atoms with E-state index in [0.717, 1.165) is 35.5 Å². The number of anilines is 3. The fourth-order valence-electron chi connectivity index (χ4n) is 2.94. The molecule has 0 fully saturated rings. The van der Waals surface area contributed by atoms with Crippen LogP contribution < -0.4 is 16.4 Å². The van der Waals surface area contributed by atoms with Gasteiger partial charge in [-0.1, -0.05) is 45.0 Å². The van der Waals surface area contributed by atoms with Crippen molar-refractivity contribution >= 4 is 23.2 Å². The molecule has 146 valence electrons. The molecule has 0 spiro atoms. The van der Waals surface area contributed by atoms with Gasteiger partial charge in [0.15, 0.2) is 5.82 Å². The summed E-state index contributed by atoms with van der Waals surface area (Å²) in [6.45, 7) is 6.47. The number of amides is 2. The van der Waals surface area contributed by atoms with Crippen LogP contribution in [0.15, 0.2) is 54.6 Å². The third-order valence-corrected chi connectivity index (χ3v) is 4.19. The number of H-pyrrole nitrogens is 1. The minimum atomic E-state index is -0.319. The number of nitrogens with two attached hydrogens (primary N) is 1. The summed E-state index contributed by atoms with van der Waals surface area (Å²) in [5.41, 5.74) is 10.7. The van der Waals surface area contributed by atoms with Gasteiger partial charge in [-0.2, -0.15) is 5.10 Å². The number of nitrogen functional groups attached to an aromatic ring is 1. The van der Waals surface area contributed by atoms with E-state index in [1.807, 2.05) is 54.6 Å². The zero-order chi connectivity index (χ0) is 20.1. The molecule has 3 rings (SSSR count). The highest BCUT2D eigenvalue weighted by atomic mass is 16.2. The number of hydrogen-bond acceptors (Lipinski definition) is 3. The number of carbonyl (C=O) groups is 1. The van der Waals surface area contributed by atoms with Gasteiger partial charge < -0.3 is 11.1 Å². The smallest absolute Gasteiger partial charge is 0.324 e. The molecule has 0 aliphatic rings. The highest BCUT2D eigenvalue weighted by Gasteiger charge is 2.14. The van der Waals surface area contributed by atoms with E-state index < -0.39 is 0 Å². The lowest BCUT2D eigenvalue weighted by molar-refractivity contribution is 0.262. The van der Waals surface area contributed by atoms with E-state index in [1.54, 1.807) is 0 Å². The summed E-state index contributed by atoms with van der Waals surface area (Å²) in [4.78, 5) is 12.2. The van der Waals surface area contributed by atoms with Gasteiger partial charge in [0.05, 0.1) is 0 Å². The van der Waals surface area contributed by atoms with Crippen LogP contribution in [0.5, 0.6) is 0 Å². The lowest BCUT2D eigenvalue weighted by Crippen LogP contribution is -2.19. The molecule has 6 nitrogen and oxygen atoms in total. The number of urea groups is 1. The van der Waals surface area contributed by atoms with Gasteiger partial charge in [0.2, 0.25) is 0 Å². The maximum Gasteiger partial charge on any atom is 0.324 e. The van der Waals surface area contributed by atoms with Crippen molar-refractivity contribution in [1.82, 2.24) is 10.2 Å². The summed E-state index contributed by atoms with van der Waals surface area (Å²) in [5.74, 6) is 0.511. The van der Waals surface area contributed by atoms with Crippen molar-refractivity contribution in [2.24, 2.45) is 5.41 Å². The van der Waals surface area contributed by atoms with Gasteiger partial charge in [-0.25, -0.2) is 4.79 Å². The van der Waals surface area contributed by atoms with Crippen molar-refractivity contribution in [3.8, 4) is 0 Å². The zero-order valence-corrected chi connectivity index (χ0v) is 16.5. The predicted molar refractivity (Wildman–Crippen MR) is 114 cm³/mol. The maximum atomic E-state index is 12.2.